The van der Waals surface area contributed by atoms with E-state index in [4.69, 9.17) is 21.2 Å². The Morgan fingerprint density at radius 3 is 2.86 bits per heavy atom. The number of nitrogens with zero attached hydrogens (tertiary/aromatic N) is 1. The second-order valence-corrected chi connectivity index (χ2v) is 6.76. The van der Waals surface area contributed by atoms with Crippen molar-refractivity contribution in [1.29, 1.82) is 0 Å². The average molecular weight is 310 g/mol. The molecule has 0 unspecified atom stereocenters. The minimum absolute atomic E-state index is 0.00441. The van der Waals surface area contributed by atoms with E-state index < -0.39 is 5.41 Å². The van der Waals surface area contributed by atoms with Crippen LogP contribution < -0.4 is 4.74 Å². The topological polar surface area (TPSA) is 38.8 Å². The second-order valence-electron chi connectivity index (χ2n) is 6.36. The van der Waals surface area contributed by atoms with E-state index in [0.29, 0.717) is 18.2 Å². The zero-order chi connectivity index (χ0) is 15.0. The number of hydroxylamine groups is 2. The number of aryl methyl sites for hydroxylation is 1. The predicted molar refractivity (Wildman–Crippen MR) is 80.2 cm³/mol. The molecule has 1 amide bonds. The number of hydrogen-bond donors (Lipinski definition) is 0. The number of ether oxygens (including phenoxy) is 1. The summed E-state index contributed by atoms with van der Waals surface area (Å²) in [4.78, 5) is 17.7. The standard InChI is InChI=1S/C16H20ClNO3/c1-16(2)10-21-18(15(16)19)9-12-7-11-5-3-4-6-20-14(11)8-13(12)17/h7-8H,3-6,9-10H2,1-2H3. The van der Waals surface area contributed by atoms with Crippen molar-refractivity contribution in [1.82, 2.24) is 5.06 Å². The van der Waals surface area contributed by atoms with Gasteiger partial charge in [0.25, 0.3) is 5.91 Å². The molecule has 2 aliphatic heterocycles. The number of benzene rings is 1. The lowest BCUT2D eigenvalue weighted by molar-refractivity contribution is -0.165. The Kier molecular flexibility index (Phi) is 3.84. The maximum atomic E-state index is 12.2. The van der Waals surface area contributed by atoms with Crippen LogP contribution in [0.25, 0.3) is 0 Å². The van der Waals surface area contributed by atoms with Gasteiger partial charge >= 0.3 is 0 Å². The van der Waals surface area contributed by atoms with Crippen molar-refractivity contribution < 1.29 is 14.4 Å². The van der Waals surface area contributed by atoms with Gasteiger partial charge in [-0.15, -0.1) is 0 Å². The molecule has 0 spiro atoms. The molecule has 1 fully saturated rings. The van der Waals surface area contributed by atoms with Crippen LogP contribution >= 0.6 is 11.6 Å². The third-order valence-corrected chi connectivity index (χ3v) is 4.38. The van der Waals surface area contributed by atoms with Crippen molar-refractivity contribution in [2.75, 3.05) is 13.2 Å². The monoisotopic (exact) mass is 309 g/mol. The van der Waals surface area contributed by atoms with Crippen LogP contribution in [0.3, 0.4) is 0 Å². The van der Waals surface area contributed by atoms with E-state index in [1.165, 1.54) is 5.06 Å². The molecule has 0 aromatic heterocycles. The Labute approximate surface area is 129 Å². The Balaban J connectivity index is 1.83. The first-order chi connectivity index (χ1) is 9.97. The van der Waals surface area contributed by atoms with Gasteiger partial charge in [0.05, 0.1) is 25.2 Å². The third-order valence-electron chi connectivity index (χ3n) is 4.03. The molecule has 2 heterocycles. The van der Waals surface area contributed by atoms with E-state index in [2.05, 4.69) is 0 Å². The minimum Gasteiger partial charge on any atom is -0.493 e. The lowest BCUT2D eigenvalue weighted by atomic mass is 9.95. The molecule has 21 heavy (non-hydrogen) atoms. The molecular weight excluding hydrogens is 290 g/mol. The van der Waals surface area contributed by atoms with Crippen LogP contribution in [0.4, 0.5) is 0 Å². The fourth-order valence-electron chi connectivity index (χ4n) is 2.67. The number of carbonyl (C=O) groups is 1. The lowest BCUT2D eigenvalue weighted by Gasteiger charge is -2.18. The molecule has 1 aromatic rings. The molecule has 5 heteroatoms. The first-order valence-corrected chi connectivity index (χ1v) is 7.74. The second kappa shape index (κ2) is 5.50. The highest BCUT2D eigenvalue weighted by molar-refractivity contribution is 6.31. The lowest BCUT2D eigenvalue weighted by Crippen LogP contribution is -2.30. The van der Waals surface area contributed by atoms with Crippen molar-refractivity contribution in [3.63, 3.8) is 0 Å². The molecule has 0 atom stereocenters. The van der Waals surface area contributed by atoms with E-state index in [-0.39, 0.29) is 5.91 Å². The van der Waals surface area contributed by atoms with Gasteiger partial charge < -0.3 is 4.74 Å². The van der Waals surface area contributed by atoms with Crippen LogP contribution in [-0.4, -0.2) is 24.2 Å². The van der Waals surface area contributed by atoms with E-state index in [9.17, 15) is 4.79 Å². The first kappa shape index (κ1) is 14.7. The molecule has 0 bridgehead atoms. The fraction of sp³-hybridized carbons (Fsp3) is 0.562. The molecule has 0 aliphatic carbocycles. The van der Waals surface area contributed by atoms with Crippen molar-refractivity contribution in [3.8, 4) is 5.75 Å². The maximum absolute atomic E-state index is 12.2. The van der Waals surface area contributed by atoms with Crippen molar-refractivity contribution in [3.05, 3.63) is 28.3 Å². The van der Waals surface area contributed by atoms with Crippen LogP contribution in [0.15, 0.2) is 12.1 Å². The summed E-state index contributed by atoms with van der Waals surface area (Å²) in [6.45, 7) is 5.32. The molecular formula is C16H20ClNO3. The molecule has 4 nitrogen and oxygen atoms in total. The number of carbonyl (C=O) groups excluding carboxylic acids is 1. The van der Waals surface area contributed by atoms with Crippen molar-refractivity contribution in [2.45, 2.75) is 39.7 Å². The van der Waals surface area contributed by atoms with Crippen LogP contribution in [0.1, 0.15) is 37.8 Å². The van der Waals surface area contributed by atoms with Gasteiger partial charge in [-0.25, -0.2) is 5.06 Å². The zero-order valence-electron chi connectivity index (χ0n) is 12.4. The zero-order valence-corrected chi connectivity index (χ0v) is 13.2. The molecule has 0 N–H and O–H groups in total. The molecule has 3 rings (SSSR count). The van der Waals surface area contributed by atoms with E-state index in [0.717, 1.165) is 42.7 Å². The average Bonchev–Trinajstić information content (AvgIpc) is 2.62. The van der Waals surface area contributed by atoms with Gasteiger partial charge in [0.15, 0.2) is 0 Å². The highest BCUT2D eigenvalue weighted by atomic mass is 35.5. The summed E-state index contributed by atoms with van der Waals surface area (Å²) in [5.41, 5.74) is 1.62. The first-order valence-electron chi connectivity index (χ1n) is 7.36. The van der Waals surface area contributed by atoms with Gasteiger partial charge in [-0.2, -0.15) is 0 Å². The van der Waals surface area contributed by atoms with Crippen LogP contribution in [0, 0.1) is 5.41 Å². The number of halogens is 1. The van der Waals surface area contributed by atoms with Gasteiger partial charge in [0.1, 0.15) is 5.75 Å². The predicted octanol–water partition coefficient (Wildman–Crippen LogP) is 3.36. The summed E-state index contributed by atoms with van der Waals surface area (Å²) in [5.74, 6) is 0.875. The summed E-state index contributed by atoms with van der Waals surface area (Å²) in [5, 5.41) is 2.04. The Bertz CT molecular complexity index is 571. The largest absolute Gasteiger partial charge is 0.493 e. The smallest absolute Gasteiger partial charge is 0.254 e. The molecule has 0 saturated carbocycles. The van der Waals surface area contributed by atoms with Crippen LogP contribution in [0.5, 0.6) is 5.75 Å². The molecule has 0 radical (unpaired) electrons. The summed E-state index contributed by atoms with van der Waals surface area (Å²) < 4.78 is 5.71. The molecule has 114 valence electrons. The van der Waals surface area contributed by atoms with Crippen LogP contribution in [0.2, 0.25) is 5.02 Å². The van der Waals surface area contributed by atoms with Gasteiger partial charge in [-0.05, 0) is 56.4 Å². The number of hydrogen-bond acceptors (Lipinski definition) is 3. The fourth-order valence-corrected chi connectivity index (χ4v) is 2.88. The number of fused-ring (bicyclic) bond motifs is 1. The Hall–Kier alpha value is -1.26. The summed E-state index contributed by atoms with van der Waals surface area (Å²) >= 11 is 6.34. The van der Waals surface area contributed by atoms with Crippen molar-refractivity contribution in [2.24, 2.45) is 5.41 Å². The quantitative estimate of drug-likeness (QED) is 0.841. The third kappa shape index (κ3) is 2.87. The van der Waals surface area contributed by atoms with E-state index in [1.807, 2.05) is 26.0 Å². The number of rotatable bonds is 2. The SMILES string of the molecule is CC1(C)CON(Cc2cc3c(cc2Cl)OCCCC3)C1=O. The minimum atomic E-state index is -0.457. The van der Waals surface area contributed by atoms with Gasteiger partial charge in [-0.1, -0.05) is 11.6 Å². The summed E-state index contributed by atoms with van der Waals surface area (Å²) in [7, 11) is 0. The maximum Gasteiger partial charge on any atom is 0.254 e. The normalized spacial score (nSPS) is 20.9. The van der Waals surface area contributed by atoms with Gasteiger partial charge in [0.2, 0.25) is 0 Å². The highest BCUT2D eigenvalue weighted by Crippen LogP contribution is 2.33. The van der Waals surface area contributed by atoms with Crippen molar-refractivity contribution >= 4 is 17.5 Å². The highest BCUT2D eigenvalue weighted by Gasteiger charge is 2.40. The summed E-state index contributed by atoms with van der Waals surface area (Å²) in [6, 6.07) is 3.91. The molecule has 1 aromatic carbocycles. The van der Waals surface area contributed by atoms with E-state index in [1.54, 1.807) is 0 Å². The Morgan fingerprint density at radius 2 is 2.14 bits per heavy atom. The Morgan fingerprint density at radius 1 is 1.33 bits per heavy atom. The van der Waals surface area contributed by atoms with Gasteiger partial charge in [-0.3, -0.25) is 9.63 Å². The van der Waals surface area contributed by atoms with E-state index >= 15 is 0 Å². The molecule has 2 aliphatic rings. The summed E-state index contributed by atoms with van der Waals surface area (Å²) in [6.07, 6.45) is 3.16. The van der Waals surface area contributed by atoms with Crippen LogP contribution in [-0.2, 0) is 22.6 Å². The molecule has 1 saturated heterocycles. The number of amides is 1. The van der Waals surface area contributed by atoms with Gasteiger partial charge in [0, 0.05) is 5.02 Å².